The first-order valence-corrected chi connectivity index (χ1v) is 6.28. The van der Waals surface area contributed by atoms with Gasteiger partial charge >= 0.3 is 5.97 Å². The largest absolute Gasteiger partial charge is 0.490 e. The molecule has 20 heavy (non-hydrogen) atoms. The van der Waals surface area contributed by atoms with Crippen LogP contribution in [0.4, 0.5) is 0 Å². The molecule has 0 fully saturated rings. The highest BCUT2D eigenvalue weighted by Gasteiger charge is 2.08. The van der Waals surface area contributed by atoms with Gasteiger partial charge in [-0.15, -0.1) is 0 Å². The lowest BCUT2D eigenvalue weighted by molar-refractivity contribution is 0.0696. The van der Waals surface area contributed by atoms with Crippen molar-refractivity contribution in [3.05, 3.63) is 48.3 Å². The minimum Gasteiger partial charge on any atom is -0.490 e. The lowest BCUT2D eigenvalue weighted by Crippen LogP contribution is -1.99. The summed E-state index contributed by atoms with van der Waals surface area (Å²) in [5.74, 6) is 0.469. The van der Waals surface area contributed by atoms with Crippen molar-refractivity contribution in [3.8, 4) is 17.2 Å². The number of aromatic nitrogens is 1. The monoisotopic (exact) mass is 273 g/mol. The molecule has 0 aliphatic rings. The molecule has 2 rings (SSSR count). The zero-order chi connectivity index (χ0) is 14.4. The standard InChI is InChI=1S/C15H15NO4/c1-2-7-19-13-5-3-4-6-14(13)20-12-8-11(15(17)18)9-16-10-12/h3-6,8-10H,2,7H2,1H3,(H,17,18). The molecule has 0 amide bonds. The van der Waals surface area contributed by atoms with Crippen LogP contribution < -0.4 is 9.47 Å². The molecular formula is C15H15NO4. The Bertz CT molecular complexity index is 598. The third-order valence-electron chi connectivity index (χ3n) is 2.50. The Morgan fingerprint density at radius 3 is 2.70 bits per heavy atom. The number of carbonyl (C=O) groups is 1. The van der Waals surface area contributed by atoms with Gasteiger partial charge in [-0.05, 0) is 24.6 Å². The Morgan fingerprint density at radius 2 is 2.00 bits per heavy atom. The van der Waals surface area contributed by atoms with Gasteiger partial charge in [-0.2, -0.15) is 0 Å². The molecule has 1 N–H and O–H groups in total. The minimum atomic E-state index is -1.04. The van der Waals surface area contributed by atoms with Crippen molar-refractivity contribution >= 4 is 5.97 Å². The Kier molecular flexibility index (Phi) is 4.55. The van der Waals surface area contributed by atoms with Crippen molar-refractivity contribution in [2.75, 3.05) is 6.61 Å². The normalized spacial score (nSPS) is 10.1. The molecule has 0 atom stereocenters. The highest BCUT2D eigenvalue weighted by atomic mass is 16.5. The first kappa shape index (κ1) is 13.9. The minimum absolute atomic E-state index is 0.0782. The molecule has 0 aliphatic heterocycles. The summed E-state index contributed by atoms with van der Waals surface area (Å²) >= 11 is 0. The van der Waals surface area contributed by atoms with Gasteiger partial charge in [-0.1, -0.05) is 19.1 Å². The summed E-state index contributed by atoms with van der Waals surface area (Å²) in [5, 5.41) is 8.93. The molecule has 2 aromatic rings. The summed E-state index contributed by atoms with van der Waals surface area (Å²) in [4.78, 5) is 14.7. The van der Waals surface area contributed by atoms with E-state index in [2.05, 4.69) is 4.98 Å². The average molecular weight is 273 g/mol. The van der Waals surface area contributed by atoms with Crippen LogP contribution in [0.15, 0.2) is 42.7 Å². The van der Waals surface area contributed by atoms with E-state index >= 15 is 0 Å². The lowest BCUT2D eigenvalue weighted by atomic mass is 10.3. The van der Waals surface area contributed by atoms with Crippen molar-refractivity contribution in [2.45, 2.75) is 13.3 Å². The van der Waals surface area contributed by atoms with Crippen molar-refractivity contribution in [2.24, 2.45) is 0 Å². The molecule has 0 saturated carbocycles. The van der Waals surface area contributed by atoms with Crippen LogP contribution in [0, 0.1) is 0 Å². The topological polar surface area (TPSA) is 68.7 Å². The quantitative estimate of drug-likeness (QED) is 0.874. The second kappa shape index (κ2) is 6.56. The Balaban J connectivity index is 2.21. The van der Waals surface area contributed by atoms with E-state index in [0.717, 1.165) is 6.42 Å². The molecule has 0 radical (unpaired) electrons. The van der Waals surface area contributed by atoms with Gasteiger partial charge in [-0.3, -0.25) is 4.98 Å². The lowest BCUT2D eigenvalue weighted by Gasteiger charge is -2.11. The van der Waals surface area contributed by atoms with E-state index < -0.39 is 5.97 Å². The number of nitrogens with zero attached hydrogens (tertiary/aromatic N) is 1. The van der Waals surface area contributed by atoms with Crippen LogP contribution in [0.25, 0.3) is 0 Å². The number of para-hydroxylation sites is 2. The predicted molar refractivity (Wildman–Crippen MR) is 73.5 cm³/mol. The Hall–Kier alpha value is -2.56. The summed E-state index contributed by atoms with van der Waals surface area (Å²) in [6.07, 6.45) is 3.63. The molecule has 104 valence electrons. The molecule has 0 bridgehead atoms. The number of benzene rings is 1. The maximum atomic E-state index is 10.9. The molecule has 0 unspecified atom stereocenters. The predicted octanol–water partition coefficient (Wildman–Crippen LogP) is 3.36. The number of ether oxygens (including phenoxy) is 2. The molecule has 1 heterocycles. The number of carboxylic acid groups (broad SMARTS) is 1. The van der Waals surface area contributed by atoms with E-state index in [0.29, 0.717) is 23.9 Å². The molecule has 0 saturated heterocycles. The third-order valence-corrected chi connectivity index (χ3v) is 2.50. The number of hydrogen-bond donors (Lipinski definition) is 1. The summed E-state index contributed by atoms with van der Waals surface area (Å²) in [7, 11) is 0. The van der Waals surface area contributed by atoms with Gasteiger partial charge in [0.25, 0.3) is 0 Å². The first-order chi connectivity index (χ1) is 9.70. The van der Waals surface area contributed by atoms with Crippen LogP contribution in [-0.2, 0) is 0 Å². The molecule has 5 heteroatoms. The molecule has 5 nitrogen and oxygen atoms in total. The van der Waals surface area contributed by atoms with Crippen LogP contribution in [0.3, 0.4) is 0 Å². The summed E-state index contributed by atoms with van der Waals surface area (Å²) in [6.45, 7) is 2.61. The number of carboxylic acids is 1. The summed E-state index contributed by atoms with van der Waals surface area (Å²) in [5.41, 5.74) is 0.0782. The summed E-state index contributed by atoms with van der Waals surface area (Å²) < 4.78 is 11.2. The Labute approximate surface area is 116 Å². The van der Waals surface area contributed by atoms with Crippen LogP contribution in [-0.4, -0.2) is 22.7 Å². The van der Waals surface area contributed by atoms with E-state index in [-0.39, 0.29) is 5.56 Å². The maximum absolute atomic E-state index is 10.9. The van der Waals surface area contributed by atoms with E-state index in [1.807, 2.05) is 19.1 Å². The fraction of sp³-hybridized carbons (Fsp3) is 0.200. The van der Waals surface area contributed by atoms with Crippen LogP contribution in [0.2, 0.25) is 0 Å². The number of hydrogen-bond acceptors (Lipinski definition) is 4. The van der Waals surface area contributed by atoms with E-state index in [1.165, 1.54) is 18.5 Å². The highest BCUT2D eigenvalue weighted by molar-refractivity contribution is 5.87. The molecular weight excluding hydrogens is 258 g/mol. The first-order valence-electron chi connectivity index (χ1n) is 6.28. The SMILES string of the molecule is CCCOc1ccccc1Oc1cncc(C(=O)O)c1. The second-order valence-corrected chi connectivity index (χ2v) is 4.11. The van der Waals surface area contributed by atoms with Crippen molar-refractivity contribution in [1.82, 2.24) is 4.98 Å². The van der Waals surface area contributed by atoms with E-state index in [9.17, 15) is 4.79 Å². The molecule has 1 aromatic heterocycles. The number of pyridine rings is 1. The van der Waals surface area contributed by atoms with Gasteiger partial charge in [0.15, 0.2) is 11.5 Å². The maximum Gasteiger partial charge on any atom is 0.337 e. The van der Waals surface area contributed by atoms with Crippen molar-refractivity contribution in [3.63, 3.8) is 0 Å². The van der Waals surface area contributed by atoms with Gasteiger partial charge in [-0.25, -0.2) is 4.79 Å². The van der Waals surface area contributed by atoms with E-state index in [1.54, 1.807) is 12.1 Å². The molecule has 0 spiro atoms. The third kappa shape index (κ3) is 3.47. The van der Waals surface area contributed by atoms with Crippen LogP contribution in [0.1, 0.15) is 23.7 Å². The van der Waals surface area contributed by atoms with Crippen LogP contribution >= 0.6 is 0 Å². The summed E-state index contributed by atoms with van der Waals surface area (Å²) in [6, 6.07) is 8.66. The second-order valence-electron chi connectivity index (χ2n) is 4.11. The fourth-order valence-corrected chi connectivity index (χ4v) is 1.58. The van der Waals surface area contributed by atoms with E-state index in [4.69, 9.17) is 14.6 Å². The van der Waals surface area contributed by atoms with Crippen molar-refractivity contribution in [1.29, 1.82) is 0 Å². The highest BCUT2D eigenvalue weighted by Crippen LogP contribution is 2.31. The zero-order valence-electron chi connectivity index (χ0n) is 11.1. The molecule has 1 aromatic carbocycles. The average Bonchev–Trinajstić information content (AvgIpc) is 2.46. The van der Waals surface area contributed by atoms with Gasteiger partial charge in [0, 0.05) is 6.20 Å². The Morgan fingerprint density at radius 1 is 1.25 bits per heavy atom. The molecule has 0 aliphatic carbocycles. The van der Waals surface area contributed by atoms with Gasteiger partial charge in [0.2, 0.25) is 0 Å². The van der Waals surface area contributed by atoms with Gasteiger partial charge < -0.3 is 14.6 Å². The smallest absolute Gasteiger partial charge is 0.337 e. The fourth-order valence-electron chi connectivity index (χ4n) is 1.58. The number of aromatic carboxylic acids is 1. The van der Waals surface area contributed by atoms with Crippen LogP contribution in [0.5, 0.6) is 17.2 Å². The van der Waals surface area contributed by atoms with Crippen molar-refractivity contribution < 1.29 is 19.4 Å². The van der Waals surface area contributed by atoms with Gasteiger partial charge in [0.1, 0.15) is 5.75 Å². The van der Waals surface area contributed by atoms with Gasteiger partial charge in [0.05, 0.1) is 18.4 Å². The number of rotatable bonds is 6. The zero-order valence-corrected chi connectivity index (χ0v) is 11.1.